The summed E-state index contributed by atoms with van der Waals surface area (Å²) in [5, 5.41) is 3.83. The van der Waals surface area contributed by atoms with Crippen LogP contribution in [0.2, 0.25) is 0 Å². The zero-order valence-electron chi connectivity index (χ0n) is 10.9. The van der Waals surface area contributed by atoms with E-state index in [0.717, 1.165) is 6.42 Å². The summed E-state index contributed by atoms with van der Waals surface area (Å²) >= 11 is 0. The van der Waals surface area contributed by atoms with Crippen molar-refractivity contribution in [2.75, 3.05) is 0 Å². The maximum Gasteiger partial charge on any atom is 0.387 e. The van der Waals surface area contributed by atoms with Crippen molar-refractivity contribution in [3.63, 3.8) is 0 Å². The largest absolute Gasteiger partial charge is 0.435 e. The summed E-state index contributed by atoms with van der Waals surface area (Å²) in [6.07, 6.45) is 1.36. The van der Waals surface area contributed by atoms with Crippen molar-refractivity contribution in [2.45, 2.75) is 32.4 Å². The minimum absolute atomic E-state index is 0.0118. The molecule has 0 aliphatic heterocycles. The number of hydrogen-bond acceptors (Lipinski definition) is 5. The number of hydrogen-bond donors (Lipinski definition) is 1. The molecule has 1 aromatic heterocycles. The van der Waals surface area contributed by atoms with Gasteiger partial charge in [0.1, 0.15) is 5.75 Å². The molecule has 7 heteroatoms. The highest BCUT2D eigenvalue weighted by atomic mass is 19.3. The first-order chi connectivity index (χ1) is 9.58. The number of rotatable bonds is 6. The van der Waals surface area contributed by atoms with E-state index >= 15 is 0 Å². The average molecular weight is 283 g/mol. The smallest absolute Gasteiger partial charge is 0.387 e. The van der Waals surface area contributed by atoms with Crippen LogP contribution in [0.15, 0.2) is 28.8 Å². The lowest BCUT2D eigenvalue weighted by Crippen LogP contribution is -2.21. The molecule has 2 rings (SSSR count). The first-order valence-electron chi connectivity index (χ1n) is 6.22. The highest BCUT2D eigenvalue weighted by Gasteiger charge is 2.12. The van der Waals surface area contributed by atoms with Crippen LogP contribution in [-0.2, 0) is 6.42 Å². The maximum atomic E-state index is 12.0. The number of alkyl halides is 2. The van der Waals surface area contributed by atoms with Crippen LogP contribution in [0.25, 0.3) is 11.5 Å². The van der Waals surface area contributed by atoms with Crippen molar-refractivity contribution in [3.8, 4) is 17.2 Å². The van der Waals surface area contributed by atoms with Gasteiger partial charge in [-0.25, -0.2) is 0 Å². The lowest BCUT2D eigenvalue weighted by atomic mass is 10.1. The third kappa shape index (κ3) is 3.74. The van der Waals surface area contributed by atoms with E-state index in [2.05, 4.69) is 14.9 Å². The Balaban J connectivity index is 2.08. The normalized spacial score (nSPS) is 12.7. The molecule has 0 spiro atoms. The molecule has 0 saturated heterocycles. The van der Waals surface area contributed by atoms with E-state index in [1.54, 1.807) is 12.1 Å². The Morgan fingerprint density at radius 2 is 2.00 bits per heavy atom. The molecule has 0 aliphatic carbocycles. The first kappa shape index (κ1) is 14.4. The second kappa shape index (κ2) is 6.42. The van der Waals surface area contributed by atoms with E-state index in [0.29, 0.717) is 23.7 Å². The van der Waals surface area contributed by atoms with Gasteiger partial charge in [-0.3, -0.25) is 0 Å². The van der Waals surface area contributed by atoms with Gasteiger partial charge in [0.05, 0.1) is 0 Å². The van der Waals surface area contributed by atoms with Crippen LogP contribution in [0.5, 0.6) is 5.75 Å². The molecule has 2 N–H and O–H groups in total. The van der Waals surface area contributed by atoms with E-state index in [1.165, 1.54) is 12.1 Å². The zero-order valence-corrected chi connectivity index (χ0v) is 10.9. The summed E-state index contributed by atoms with van der Waals surface area (Å²) in [7, 11) is 0. The fraction of sp³-hybridized carbons (Fsp3) is 0.385. The molecule has 0 amide bonds. The summed E-state index contributed by atoms with van der Waals surface area (Å²) in [6, 6.07) is 5.98. The Kier molecular flexibility index (Phi) is 4.62. The van der Waals surface area contributed by atoms with Crippen molar-refractivity contribution in [2.24, 2.45) is 5.73 Å². The molecule has 0 radical (unpaired) electrons. The molecule has 0 aliphatic rings. The first-order valence-corrected chi connectivity index (χ1v) is 6.22. The van der Waals surface area contributed by atoms with Gasteiger partial charge in [-0.2, -0.15) is 13.8 Å². The quantitative estimate of drug-likeness (QED) is 0.882. The van der Waals surface area contributed by atoms with Crippen LogP contribution in [-0.4, -0.2) is 22.8 Å². The lowest BCUT2D eigenvalue weighted by Gasteiger charge is -2.03. The summed E-state index contributed by atoms with van der Waals surface area (Å²) in [5.41, 5.74) is 6.44. The Bertz CT molecular complexity index is 543. The van der Waals surface area contributed by atoms with E-state index in [4.69, 9.17) is 10.3 Å². The van der Waals surface area contributed by atoms with Crippen LogP contribution in [0.3, 0.4) is 0 Å². The van der Waals surface area contributed by atoms with Crippen molar-refractivity contribution in [3.05, 3.63) is 30.1 Å². The van der Waals surface area contributed by atoms with Gasteiger partial charge in [-0.15, -0.1) is 0 Å². The summed E-state index contributed by atoms with van der Waals surface area (Å²) in [4.78, 5) is 4.21. The average Bonchev–Trinajstić information content (AvgIpc) is 2.87. The van der Waals surface area contributed by atoms with Crippen LogP contribution in [0.4, 0.5) is 8.78 Å². The van der Waals surface area contributed by atoms with E-state index in [9.17, 15) is 8.78 Å². The summed E-state index contributed by atoms with van der Waals surface area (Å²) in [5.74, 6) is 0.936. The van der Waals surface area contributed by atoms with Gasteiger partial charge in [-0.1, -0.05) is 12.1 Å². The minimum Gasteiger partial charge on any atom is -0.435 e. The Morgan fingerprint density at radius 3 is 2.60 bits per heavy atom. The molecular formula is C13H15F2N3O2. The molecule has 0 fully saturated rings. The van der Waals surface area contributed by atoms with Crippen molar-refractivity contribution < 1.29 is 18.0 Å². The van der Waals surface area contributed by atoms with Gasteiger partial charge >= 0.3 is 6.61 Å². The number of nitrogens with two attached hydrogens (primary N) is 1. The third-order valence-electron chi connectivity index (χ3n) is 2.76. The highest BCUT2D eigenvalue weighted by Crippen LogP contribution is 2.22. The number of nitrogens with zero attached hydrogens (tertiary/aromatic N) is 2. The van der Waals surface area contributed by atoms with E-state index < -0.39 is 6.61 Å². The van der Waals surface area contributed by atoms with Gasteiger partial charge in [0, 0.05) is 18.0 Å². The summed E-state index contributed by atoms with van der Waals surface area (Å²) < 4.78 is 33.4. The van der Waals surface area contributed by atoms with Crippen molar-refractivity contribution in [1.29, 1.82) is 0 Å². The second-order valence-corrected chi connectivity index (χ2v) is 4.29. The lowest BCUT2D eigenvalue weighted by molar-refractivity contribution is -0.0498. The predicted octanol–water partition coefficient (Wildman–Crippen LogP) is 2.62. The summed E-state index contributed by atoms with van der Waals surface area (Å²) in [6.45, 7) is -0.862. The number of aromatic nitrogens is 2. The molecular weight excluding hydrogens is 268 g/mol. The van der Waals surface area contributed by atoms with Gasteiger partial charge in [0.15, 0.2) is 5.82 Å². The highest BCUT2D eigenvalue weighted by molar-refractivity contribution is 5.54. The Hall–Kier alpha value is -2.02. The molecule has 1 heterocycles. The molecule has 1 aromatic carbocycles. The molecule has 0 bridgehead atoms. The molecule has 108 valence electrons. The van der Waals surface area contributed by atoms with Crippen molar-refractivity contribution in [1.82, 2.24) is 10.1 Å². The van der Waals surface area contributed by atoms with Gasteiger partial charge < -0.3 is 15.0 Å². The number of halogens is 2. The van der Waals surface area contributed by atoms with Gasteiger partial charge in [0.25, 0.3) is 5.89 Å². The molecule has 5 nitrogen and oxygen atoms in total. The monoisotopic (exact) mass is 283 g/mol. The predicted molar refractivity (Wildman–Crippen MR) is 68.3 cm³/mol. The molecule has 1 unspecified atom stereocenters. The third-order valence-corrected chi connectivity index (χ3v) is 2.76. The zero-order chi connectivity index (χ0) is 14.5. The Morgan fingerprint density at radius 1 is 1.30 bits per heavy atom. The van der Waals surface area contributed by atoms with Gasteiger partial charge in [-0.05, 0) is 30.7 Å². The minimum atomic E-state index is -2.84. The van der Waals surface area contributed by atoms with Gasteiger partial charge in [0.2, 0.25) is 0 Å². The number of benzene rings is 1. The molecule has 0 saturated carbocycles. The maximum absolute atomic E-state index is 12.0. The van der Waals surface area contributed by atoms with Crippen LogP contribution < -0.4 is 10.5 Å². The fourth-order valence-corrected chi connectivity index (χ4v) is 1.61. The van der Waals surface area contributed by atoms with E-state index in [1.807, 2.05) is 6.92 Å². The molecule has 20 heavy (non-hydrogen) atoms. The second-order valence-electron chi connectivity index (χ2n) is 4.29. The fourth-order valence-electron chi connectivity index (χ4n) is 1.61. The Labute approximate surface area is 114 Å². The number of ether oxygens (including phenoxy) is 1. The topological polar surface area (TPSA) is 74.2 Å². The van der Waals surface area contributed by atoms with Crippen LogP contribution in [0.1, 0.15) is 19.2 Å². The van der Waals surface area contributed by atoms with E-state index in [-0.39, 0.29) is 11.8 Å². The van der Waals surface area contributed by atoms with Crippen LogP contribution in [0, 0.1) is 0 Å². The van der Waals surface area contributed by atoms with Crippen molar-refractivity contribution >= 4 is 0 Å². The SMILES string of the molecule is CCC(N)Cc1noc(-c2ccc(OC(F)F)cc2)n1. The standard InChI is InChI=1S/C13H15F2N3O2/c1-2-9(16)7-11-17-12(20-18-11)8-3-5-10(6-4-8)19-13(14)15/h3-6,9,13H,2,7,16H2,1H3. The van der Waals surface area contributed by atoms with Crippen LogP contribution >= 0.6 is 0 Å². The molecule has 1 atom stereocenters. The molecule has 2 aromatic rings.